The molecule has 2 heteroatoms. The minimum absolute atomic E-state index is 0.134. The third-order valence-corrected chi connectivity index (χ3v) is 2.87. The molecule has 1 aliphatic heterocycles. The number of rotatable bonds is 0. The van der Waals surface area contributed by atoms with Gasteiger partial charge in [0.2, 0.25) is 0 Å². The third kappa shape index (κ3) is 0.916. The number of hydrogen-bond acceptors (Lipinski definition) is 1. The predicted octanol–water partition coefficient (Wildman–Crippen LogP) is 2.39. The quantitative estimate of drug-likeness (QED) is 0.642. The van der Waals surface area contributed by atoms with Gasteiger partial charge in [-0.05, 0) is 25.5 Å². The van der Waals surface area contributed by atoms with Crippen molar-refractivity contribution in [1.82, 2.24) is 0 Å². The molecule has 0 spiro atoms. The van der Waals surface area contributed by atoms with Crippen molar-refractivity contribution in [2.45, 2.75) is 19.3 Å². The van der Waals surface area contributed by atoms with Crippen LogP contribution < -0.4 is 4.90 Å². The van der Waals surface area contributed by atoms with Crippen LogP contribution in [0.25, 0.3) is 0 Å². The van der Waals surface area contributed by atoms with Gasteiger partial charge in [-0.3, -0.25) is 5.41 Å². The molecule has 68 valence electrons. The van der Waals surface area contributed by atoms with Crippen LogP contribution in [0.5, 0.6) is 0 Å². The Hall–Kier alpha value is -1.31. The lowest BCUT2D eigenvalue weighted by Crippen LogP contribution is -2.32. The molecule has 0 aliphatic carbocycles. The number of nitrogens with zero attached hydrogens (tertiary/aromatic N) is 1. The Morgan fingerprint density at radius 1 is 1.23 bits per heavy atom. The fourth-order valence-corrected chi connectivity index (χ4v) is 1.96. The van der Waals surface area contributed by atoms with E-state index in [0.717, 1.165) is 5.69 Å². The first kappa shape index (κ1) is 8.30. The minimum atomic E-state index is -0.134. The molecule has 0 bridgehead atoms. The zero-order valence-corrected chi connectivity index (χ0v) is 8.26. The third-order valence-electron chi connectivity index (χ3n) is 2.87. The van der Waals surface area contributed by atoms with Crippen molar-refractivity contribution in [3.63, 3.8) is 0 Å². The Labute approximate surface area is 78.7 Å². The van der Waals surface area contributed by atoms with Crippen molar-refractivity contribution >= 4 is 11.5 Å². The average molecular weight is 174 g/mol. The Kier molecular flexibility index (Phi) is 1.50. The first-order chi connectivity index (χ1) is 6.05. The monoisotopic (exact) mass is 174 g/mol. The van der Waals surface area contributed by atoms with Crippen LogP contribution in [0.2, 0.25) is 0 Å². The van der Waals surface area contributed by atoms with Gasteiger partial charge in [0, 0.05) is 18.2 Å². The average Bonchev–Trinajstić information content (AvgIpc) is 2.30. The summed E-state index contributed by atoms with van der Waals surface area (Å²) in [5.41, 5.74) is 2.28. The van der Waals surface area contributed by atoms with Crippen LogP contribution in [0.1, 0.15) is 19.4 Å². The molecular weight excluding hydrogens is 160 g/mol. The highest BCUT2D eigenvalue weighted by Gasteiger charge is 2.38. The molecule has 0 saturated carbocycles. The summed E-state index contributed by atoms with van der Waals surface area (Å²) in [5.74, 6) is 0.675. The highest BCUT2D eigenvalue weighted by Crippen LogP contribution is 2.40. The molecule has 13 heavy (non-hydrogen) atoms. The summed E-state index contributed by atoms with van der Waals surface area (Å²) < 4.78 is 0. The van der Waals surface area contributed by atoms with Gasteiger partial charge < -0.3 is 4.90 Å². The van der Waals surface area contributed by atoms with Gasteiger partial charge in [-0.1, -0.05) is 18.2 Å². The van der Waals surface area contributed by atoms with Gasteiger partial charge >= 0.3 is 0 Å². The van der Waals surface area contributed by atoms with Crippen molar-refractivity contribution < 1.29 is 0 Å². The second kappa shape index (κ2) is 2.34. The smallest absolute Gasteiger partial charge is 0.110 e. The van der Waals surface area contributed by atoms with Gasteiger partial charge in [0.25, 0.3) is 0 Å². The van der Waals surface area contributed by atoms with Crippen LogP contribution in [0.15, 0.2) is 24.3 Å². The van der Waals surface area contributed by atoms with E-state index in [1.54, 1.807) is 0 Å². The molecule has 0 unspecified atom stereocenters. The lowest BCUT2D eigenvalue weighted by molar-refractivity contribution is 0.727. The first-order valence-corrected chi connectivity index (χ1v) is 4.47. The van der Waals surface area contributed by atoms with Gasteiger partial charge in [-0.2, -0.15) is 0 Å². The normalized spacial score (nSPS) is 19.0. The molecule has 2 nitrogen and oxygen atoms in total. The summed E-state index contributed by atoms with van der Waals surface area (Å²) >= 11 is 0. The molecule has 0 aromatic heterocycles. The molecule has 0 fully saturated rings. The summed E-state index contributed by atoms with van der Waals surface area (Å²) in [6.07, 6.45) is 0. The van der Waals surface area contributed by atoms with E-state index in [2.05, 4.69) is 26.0 Å². The second-order valence-electron chi connectivity index (χ2n) is 4.05. The fraction of sp³-hybridized carbons (Fsp3) is 0.364. The molecule has 0 atom stereocenters. The number of likely N-dealkylation sites (N-methyl/N-ethyl adjacent to an activating group) is 1. The van der Waals surface area contributed by atoms with Gasteiger partial charge in [0.05, 0.1) is 0 Å². The van der Waals surface area contributed by atoms with Crippen molar-refractivity contribution in [2.24, 2.45) is 0 Å². The molecule has 0 radical (unpaired) electrons. The standard InChI is InChI=1S/C11H14N2/c1-11(2)8-6-4-5-7-9(8)13(3)10(11)12/h4-7,12H,1-3H3. The van der Waals surface area contributed by atoms with E-state index in [9.17, 15) is 0 Å². The van der Waals surface area contributed by atoms with E-state index in [4.69, 9.17) is 5.41 Å². The zero-order valence-electron chi connectivity index (χ0n) is 8.26. The van der Waals surface area contributed by atoms with E-state index < -0.39 is 0 Å². The first-order valence-electron chi connectivity index (χ1n) is 4.47. The van der Waals surface area contributed by atoms with E-state index in [-0.39, 0.29) is 5.41 Å². The largest absolute Gasteiger partial charge is 0.332 e. The van der Waals surface area contributed by atoms with E-state index in [1.807, 2.05) is 24.1 Å². The van der Waals surface area contributed by atoms with E-state index >= 15 is 0 Å². The summed E-state index contributed by atoms with van der Waals surface area (Å²) in [5, 5.41) is 7.97. The number of amidine groups is 1. The maximum Gasteiger partial charge on any atom is 0.110 e. The number of fused-ring (bicyclic) bond motifs is 1. The number of nitrogens with one attached hydrogen (secondary N) is 1. The second-order valence-corrected chi connectivity index (χ2v) is 4.05. The van der Waals surface area contributed by atoms with Crippen molar-refractivity contribution in [1.29, 1.82) is 5.41 Å². The molecule has 1 N–H and O–H groups in total. The van der Waals surface area contributed by atoms with E-state index in [0.29, 0.717) is 5.84 Å². The molecule has 0 amide bonds. The lowest BCUT2D eigenvalue weighted by Gasteiger charge is -2.19. The molecule has 1 heterocycles. The van der Waals surface area contributed by atoms with Crippen LogP contribution in [0, 0.1) is 5.41 Å². The van der Waals surface area contributed by atoms with Crippen LogP contribution >= 0.6 is 0 Å². The number of benzene rings is 1. The zero-order chi connectivity index (χ0) is 9.64. The molecule has 0 saturated heterocycles. The summed E-state index contributed by atoms with van der Waals surface area (Å²) in [6.45, 7) is 4.19. The molecular formula is C11H14N2. The van der Waals surface area contributed by atoms with Gasteiger partial charge in [0.1, 0.15) is 5.84 Å². The molecule has 1 aliphatic rings. The summed E-state index contributed by atoms with van der Waals surface area (Å²) in [6, 6.07) is 8.23. The van der Waals surface area contributed by atoms with Crippen LogP contribution in [0.3, 0.4) is 0 Å². The maximum atomic E-state index is 7.97. The molecule has 1 aromatic rings. The highest BCUT2D eigenvalue weighted by molar-refractivity contribution is 6.08. The van der Waals surface area contributed by atoms with Crippen LogP contribution in [-0.4, -0.2) is 12.9 Å². The van der Waals surface area contributed by atoms with Crippen molar-refractivity contribution in [3.05, 3.63) is 29.8 Å². The summed E-state index contributed by atoms with van der Waals surface area (Å²) in [4.78, 5) is 1.95. The SMILES string of the molecule is CN1C(=N)C(C)(C)c2ccccc21. The highest BCUT2D eigenvalue weighted by atomic mass is 15.2. The molecule has 1 aromatic carbocycles. The van der Waals surface area contributed by atoms with Gasteiger partial charge in [-0.25, -0.2) is 0 Å². The maximum absolute atomic E-state index is 7.97. The number of para-hydroxylation sites is 1. The predicted molar refractivity (Wildman–Crippen MR) is 55.6 cm³/mol. The topological polar surface area (TPSA) is 27.1 Å². The lowest BCUT2D eigenvalue weighted by atomic mass is 9.86. The van der Waals surface area contributed by atoms with Crippen LogP contribution in [0.4, 0.5) is 5.69 Å². The summed E-state index contributed by atoms with van der Waals surface area (Å²) in [7, 11) is 1.95. The number of hydrogen-bond donors (Lipinski definition) is 1. The van der Waals surface area contributed by atoms with Crippen molar-refractivity contribution in [2.75, 3.05) is 11.9 Å². The Morgan fingerprint density at radius 3 is 2.46 bits per heavy atom. The molecule has 2 rings (SSSR count). The van der Waals surface area contributed by atoms with Crippen molar-refractivity contribution in [3.8, 4) is 0 Å². The number of anilines is 1. The minimum Gasteiger partial charge on any atom is -0.332 e. The Balaban J connectivity index is 2.68. The Morgan fingerprint density at radius 2 is 1.85 bits per heavy atom. The van der Waals surface area contributed by atoms with Gasteiger partial charge in [-0.15, -0.1) is 0 Å². The van der Waals surface area contributed by atoms with Gasteiger partial charge in [0.15, 0.2) is 0 Å². The Bertz CT molecular complexity index is 366. The van der Waals surface area contributed by atoms with Crippen LogP contribution in [-0.2, 0) is 5.41 Å². The van der Waals surface area contributed by atoms with E-state index in [1.165, 1.54) is 5.56 Å². The fourth-order valence-electron chi connectivity index (χ4n) is 1.96.